The zero-order valence-electron chi connectivity index (χ0n) is 13.6. The van der Waals surface area contributed by atoms with Gasteiger partial charge in [-0.05, 0) is 26.0 Å². The average molecular weight is 301 g/mol. The fourth-order valence-electron chi connectivity index (χ4n) is 2.16. The predicted molar refractivity (Wildman–Crippen MR) is 87.7 cm³/mol. The summed E-state index contributed by atoms with van der Waals surface area (Å²) < 4.78 is 7.43. The van der Waals surface area contributed by atoms with E-state index >= 15 is 0 Å². The molecule has 0 unspecified atom stereocenters. The Morgan fingerprint density at radius 1 is 1.32 bits per heavy atom. The fourth-order valence-corrected chi connectivity index (χ4v) is 2.16. The number of aryl methyl sites for hydroxylation is 1. The lowest BCUT2D eigenvalue weighted by atomic mass is 10.2. The van der Waals surface area contributed by atoms with Gasteiger partial charge in [-0.2, -0.15) is 5.10 Å². The van der Waals surface area contributed by atoms with Crippen molar-refractivity contribution in [2.45, 2.75) is 40.3 Å². The van der Waals surface area contributed by atoms with Gasteiger partial charge in [0.25, 0.3) is 0 Å². The molecule has 0 fully saturated rings. The lowest BCUT2D eigenvalue weighted by Crippen LogP contribution is -2.28. The maximum Gasteiger partial charge on any atom is 0.204 e. The molecule has 0 amide bonds. The number of ether oxygens (including phenoxy) is 1. The molecule has 118 valence electrons. The van der Waals surface area contributed by atoms with E-state index in [0.717, 1.165) is 17.1 Å². The molecule has 1 N–H and O–H groups in total. The third-order valence-corrected chi connectivity index (χ3v) is 3.25. The number of hydrogen-bond donors (Lipinski definition) is 1. The molecule has 0 bridgehead atoms. The Morgan fingerprint density at radius 2 is 2.05 bits per heavy atom. The van der Waals surface area contributed by atoms with Crippen LogP contribution >= 0.6 is 0 Å². The number of para-hydroxylation sites is 2. The third-order valence-electron chi connectivity index (χ3n) is 3.25. The normalized spacial score (nSPS) is 11.0. The van der Waals surface area contributed by atoms with Gasteiger partial charge in [-0.1, -0.05) is 26.0 Å². The van der Waals surface area contributed by atoms with Crippen LogP contribution in [0.3, 0.4) is 0 Å². The van der Waals surface area contributed by atoms with Gasteiger partial charge < -0.3 is 10.1 Å². The van der Waals surface area contributed by atoms with E-state index in [-0.39, 0.29) is 5.43 Å². The molecule has 22 heavy (non-hydrogen) atoms. The lowest BCUT2D eigenvalue weighted by Gasteiger charge is -2.15. The number of rotatable bonds is 6. The first kappa shape index (κ1) is 16.2. The van der Waals surface area contributed by atoms with Crippen molar-refractivity contribution < 1.29 is 4.74 Å². The van der Waals surface area contributed by atoms with E-state index in [1.54, 1.807) is 10.7 Å². The molecule has 2 rings (SSSR count). The summed E-state index contributed by atoms with van der Waals surface area (Å²) in [5.74, 6) is 0.756. The highest BCUT2D eigenvalue weighted by molar-refractivity contribution is 5.46. The smallest absolute Gasteiger partial charge is 0.204 e. The minimum absolute atomic E-state index is 0.0456. The summed E-state index contributed by atoms with van der Waals surface area (Å²) in [6.07, 6.45) is 0. The van der Waals surface area contributed by atoms with Crippen LogP contribution in [-0.4, -0.2) is 22.4 Å². The number of benzene rings is 1. The average Bonchev–Trinajstić information content (AvgIpc) is 2.47. The monoisotopic (exact) mass is 301 g/mol. The molecular weight excluding hydrogens is 278 g/mol. The maximum absolute atomic E-state index is 12.1. The van der Waals surface area contributed by atoms with Crippen molar-refractivity contribution in [3.8, 4) is 11.4 Å². The first-order chi connectivity index (χ1) is 10.5. The van der Waals surface area contributed by atoms with E-state index in [4.69, 9.17) is 4.74 Å². The van der Waals surface area contributed by atoms with Crippen molar-refractivity contribution in [3.05, 3.63) is 51.9 Å². The van der Waals surface area contributed by atoms with E-state index in [9.17, 15) is 4.79 Å². The molecule has 1 aromatic heterocycles. The van der Waals surface area contributed by atoms with Gasteiger partial charge in [0.05, 0.1) is 6.61 Å². The molecule has 0 aliphatic carbocycles. The molecule has 0 radical (unpaired) electrons. The zero-order valence-corrected chi connectivity index (χ0v) is 13.6. The van der Waals surface area contributed by atoms with E-state index in [1.807, 2.05) is 52.0 Å². The lowest BCUT2D eigenvalue weighted by molar-refractivity contribution is 0.338. The standard InChI is InChI=1S/C17H23N3O2/c1-5-22-17-9-7-6-8-15(17)20-13(4)10-16(21)14(19-20)11-18-12(2)3/h6-10,12,18H,5,11H2,1-4H3. The maximum atomic E-state index is 12.1. The Balaban J connectivity index is 2.47. The minimum Gasteiger partial charge on any atom is -0.492 e. The first-order valence-corrected chi connectivity index (χ1v) is 7.58. The SMILES string of the molecule is CCOc1ccccc1-n1nc(CNC(C)C)c(=O)cc1C. The highest BCUT2D eigenvalue weighted by Gasteiger charge is 2.11. The molecular formula is C17H23N3O2. The molecule has 1 aromatic carbocycles. The molecule has 0 atom stereocenters. The van der Waals surface area contributed by atoms with Crippen molar-refractivity contribution in [1.82, 2.24) is 15.1 Å². The van der Waals surface area contributed by atoms with Crippen LogP contribution in [0.2, 0.25) is 0 Å². The Hall–Kier alpha value is -2.14. The molecule has 5 heteroatoms. The molecule has 2 aromatic rings. The first-order valence-electron chi connectivity index (χ1n) is 7.58. The minimum atomic E-state index is -0.0456. The summed E-state index contributed by atoms with van der Waals surface area (Å²) in [4.78, 5) is 12.1. The largest absolute Gasteiger partial charge is 0.492 e. The van der Waals surface area contributed by atoms with Crippen LogP contribution in [0, 0.1) is 6.92 Å². The van der Waals surface area contributed by atoms with E-state index < -0.39 is 0 Å². The number of aromatic nitrogens is 2. The van der Waals surface area contributed by atoms with Crippen LogP contribution in [-0.2, 0) is 6.54 Å². The van der Waals surface area contributed by atoms with Gasteiger partial charge in [-0.3, -0.25) is 4.79 Å². The van der Waals surface area contributed by atoms with Crippen molar-refractivity contribution >= 4 is 0 Å². The summed E-state index contributed by atoms with van der Waals surface area (Å²) in [5.41, 5.74) is 2.08. The highest BCUT2D eigenvalue weighted by atomic mass is 16.5. The van der Waals surface area contributed by atoms with Gasteiger partial charge in [0.1, 0.15) is 17.1 Å². The topological polar surface area (TPSA) is 56.1 Å². The quantitative estimate of drug-likeness (QED) is 0.890. The summed E-state index contributed by atoms with van der Waals surface area (Å²) in [6.45, 7) is 8.93. The van der Waals surface area contributed by atoms with Crippen LogP contribution in [0.25, 0.3) is 5.69 Å². The second kappa shape index (κ2) is 7.22. The number of hydrogen-bond acceptors (Lipinski definition) is 4. The van der Waals surface area contributed by atoms with Crippen molar-refractivity contribution in [3.63, 3.8) is 0 Å². The molecule has 0 aliphatic rings. The number of nitrogens with zero attached hydrogens (tertiary/aromatic N) is 2. The molecule has 0 aliphatic heterocycles. The summed E-state index contributed by atoms with van der Waals surface area (Å²) >= 11 is 0. The Labute approximate surface area is 130 Å². The molecule has 0 saturated heterocycles. The Bertz CT molecular complexity index is 693. The van der Waals surface area contributed by atoms with Crippen molar-refractivity contribution in [2.24, 2.45) is 0 Å². The predicted octanol–water partition coefficient (Wildman–Crippen LogP) is 2.44. The van der Waals surface area contributed by atoms with Crippen molar-refractivity contribution in [1.29, 1.82) is 0 Å². The van der Waals surface area contributed by atoms with Crippen LogP contribution in [0.1, 0.15) is 32.2 Å². The summed E-state index contributed by atoms with van der Waals surface area (Å²) in [5, 5.41) is 7.75. The third kappa shape index (κ3) is 3.74. The second-order valence-electron chi connectivity index (χ2n) is 5.44. The number of nitrogens with one attached hydrogen (secondary N) is 1. The van der Waals surface area contributed by atoms with Crippen LogP contribution in [0.5, 0.6) is 5.75 Å². The summed E-state index contributed by atoms with van der Waals surface area (Å²) in [7, 11) is 0. The molecule has 0 saturated carbocycles. The van der Waals surface area contributed by atoms with Crippen molar-refractivity contribution in [2.75, 3.05) is 6.61 Å². The molecule has 5 nitrogen and oxygen atoms in total. The van der Waals surface area contributed by atoms with E-state index in [0.29, 0.717) is 24.9 Å². The van der Waals surface area contributed by atoms with E-state index in [2.05, 4.69) is 10.4 Å². The van der Waals surface area contributed by atoms with Gasteiger partial charge in [0.15, 0.2) is 0 Å². The highest BCUT2D eigenvalue weighted by Crippen LogP contribution is 2.22. The van der Waals surface area contributed by atoms with Crippen LogP contribution in [0.4, 0.5) is 0 Å². The molecule has 1 heterocycles. The van der Waals surface area contributed by atoms with Gasteiger partial charge in [-0.15, -0.1) is 0 Å². The van der Waals surface area contributed by atoms with E-state index in [1.165, 1.54) is 0 Å². The second-order valence-corrected chi connectivity index (χ2v) is 5.44. The van der Waals surface area contributed by atoms with Crippen LogP contribution < -0.4 is 15.5 Å². The Morgan fingerprint density at radius 3 is 2.73 bits per heavy atom. The Kier molecular flexibility index (Phi) is 5.33. The fraction of sp³-hybridized carbons (Fsp3) is 0.412. The van der Waals surface area contributed by atoms with Gasteiger partial charge >= 0.3 is 0 Å². The van der Waals surface area contributed by atoms with Crippen LogP contribution in [0.15, 0.2) is 35.1 Å². The van der Waals surface area contributed by atoms with Gasteiger partial charge in [-0.25, -0.2) is 4.68 Å². The molecule has 0 spiro atoms. The van der Waals surface area contributed by atoms with Gasteiger partial charge in [0.2, 0.25) is 5.43 Å². The summed E-state index contributed by atoms with van der Waals surface area (Å²) in [6, 6.07) is 9.62. The van der Waals surface area contributed by atoms with Gasteiger partial charge in [0, 0.05) is 24.3 Å². The zero-order chi connectivity index (χ0) is 16.1.